The van der Waals surface area contributed by atoms with Crippen LogP contribution in [-0.4, -0.2) is 44.7 Å². The first-order valence-corrected chi connectivity index (χ1v) is 8.65. The molecule has 1 heterocycles. The van der Waals surface area contributed by atoms with Crippen LogP contribution in [0, 0.1) is 6.92 Å². The van der Waals surface area contributed by atoms with Crippen LogP contribution in [0.5, 0.6) is 5.75 Å². The molecule has 0 aliphatic carbocycles. The second-order valence-corrected chi connectivity index (χ2v) is 6.43. The van der Waals surface area contributed by atoms with E-state index >= 15 is 0 Å². The van der Waals surface area contributed by atoms with E-state index in [-0.39, 0.29) is 0 Å². The second kappa shape index (κ2) is 7.76. The molecule has 6 heteroatoms. The van der Waals surface area contributed by atoms with E-state index in [1.165, 1.54) is 5.56 Å². The lowest BCUT2D eigenvalue weighted by molar-refractivity contribution is -0.110. The number of nitrogens with zero attached hydrogens (tertiary/aromatic N) is 3. The molecule has 1 saturated heterocycles. The third-order valence-corrected chi connectivity index (χ3v) is 4.74. The summed E-state index contributed by atoms with van der Waals surface area (Å²) in [6.45, 7) is 5.21. The van der Waals surface area contributed by atoms with Crippen molar-refractivity contribution in [2.24, 2.45) is 0 Å². The van der Waals surface area contributed by atoms with Crippen LogP contribution in [0.4, 0.5) is 11.4 Å². The summed E-state index contributed by atoms with van der Waals surface area (Å²) in [5.74, 6) is 0.683. The average molecular weight is 360 g/mol. The first-order valence-electron chi connectivity index (χ1n) is 8.27. The molecule has 0 N–H and O–H groups in total. The lowest BCUT2D eigenvalue weighted by Crippen LogP contribution is -2.54. The van der Waals surface area contributed by atoms with Crippen molar-refractivity contribution in [3.05, 3.63) is 53.1 Å². The number of anilines is 2. The Hall–Kier alpha value is -2.24. The molecule has 132 valence electrons. The summed E-state index contributed by atoms with van der Waals surface area (Å²) in [7, 11) is 1.61. The number of hydrazine groups is 1. The molecule has 0 spiro atoms. The summed E-state index contributed by atoms with van der Waals surface area (Å²) < 4.78 is 5.39. The molecule has 2 aromatic rings. The van der Waals surface area contributed by atoms with Gasteiger partial charge in [-0.15, -0.1) is 0 Å². The molecule has 2 aromatic carbocycles. The highest BCUT2D eigenvalue weighted by atomic mass is 35.5. The predicted octanol–water partition coefficient (Wildman–Crippen LogP) is 3.36. The minimum atomic E-state index is 0.683. The van der Waals surface area contributed by atoms with Gasteiger partial charge in [0.2, 0.25) is 6.41 Å². The lowest BCUT2D eigenvalue weighted by Gasteiger charge is -2.40. The number of aryl methyl sites for hydroxylation is 1. The van der Waals surface area contributed by atoms with Crippen molar-refractivity contribution in [2.45, 2.75) is 6.92 Å². The molecule has 0 radical (unpaired) electrons. The molecule has 1 aliphatic heterocycles. The highest BCUT2D eigenvalue weighted by Crippen LogP contribution is 2.30. The van der Waals surface area contributed by atoms with Crippen molar-refractivity contribution >= 4 is 29.4 Å². The minimum Gasteiger partial charge on any atom is -0.495 e. The van der Waals surface area contributed by atoms with Gasteiger partial charge in [-0.05, 0) is 36.8 Å². The summed E-state index contributed by atoms with van der Waals surface area (Å²) in [5, 5.41) is 4.42. The number of methoxy groups -OCH3 is 1. The predicted molar refractivity (Wildman–Crippen MR) is 102 cm³/mol. The smallest absolute Gasteiger partial charge is 0.228 e. The van der Waals surface area contributed by atoms with Crippen LogP contribution >= 0.6 is 11.6 Å². The van der Waals surface area contributed by atoms with Crippen molar-refractivity contribution in [3.8, 4) is 5.75 Å². The molecule has 5 nitrogen and oxygen atoms in total. The van der Waals surface area contributed by atoms with Crippen LogP contribution in [0.2, 0.25) is 5.02 Å². The number of rotatable bonds is 5. The molecule has 1 amide bonds. The van der Waals surface area contributed by atoms with Gasteiger partial charge in [0, 0.05) is 36.9 Å². The van der Waals surface area contributed by atoms with Gasteiger partial charge in [-0.3, -0.25) is 4.79 Å². The molecular weight excluding hydrogens is 338 g/mol. The van der Waals surface area contributed by atoms with Crippen molar-refractivity contribution in [2.75, 3.05) is 43.2 Å². The highest BCUT2D eigenvalue weighted by molar-refractivity contribution is 6.30. The summed E-state index contributed by atoms with van der Waals surface area (Å²) in [4.78, 5) is 14.0. The molecule has 0 bridgehead atoms. The van der Waals surface area contributed by atoms with Gasteiger partial charge in [-0.2, -0.15) is 0 Å². The molecule has 0 aromatic heterocycles. The number of ether oxygens (including phenoxy) is 1. The topological polar surface area (TPSA) is 36.0 Å². The monoisotopic (exact) mass is 359 g/mol. The Morgan fingerprint density at radius 2 is 1.84 bits per heavy atom. The zero-order valence-corrected chi connectivity index (χ0v) is 15.2. The highest BCUT2D eigenvalue weighted by Gasteiger charge is 2.24. The Labute approximate surface area is 153 Å². The molecule has 25 heavy (non-hydrogen) atoms. The summed E-state index contributed by atoms with van der Waals surface area (Å²) in [6.07, 6.45) is 0.845. The summed E-state index contributed by atoms with van der Waals surface area (Å²) in [6, 6.07) is 13.5. The van der Waals surface area contributed by atoms with Gasteiger partial charge in [0.05, 0.1) is 7.11 Å². The fourth-order valence-electron chi connectivity index (χ4n) is 3.17. The minimum absolute atomic E-state index is 0.683. The number of carbonyl (C=O) groups is 1. The largest absolute Gasteiger partial charge is 0.495 e. The molecule has 1 fully saturated rings. The molecule has 3 rings (SSSR count). The normalized spacial score (nSPS) is 15.1. The lowest BCUT2D eigenvalue weighted by atomic mass is 10.1. The molecule has 0 atom stereocenters. The number of amides is 1. The standard InChI is InChI=1S/C19H22ClN3O2/c1-15-7-8-16(20)13-18(15)21-9-11-22(12-10-21)23(14-24)17-5-3-4-6-19(17)25-2/h3-8,13-14H,9-12H2,1-2H3. The van der Waals surface area contributed by atoms with Gasteiger partial charge >= 0.3 is 0 Å². The van der Waals surface area contributed by atoms with Crippen LogP contribution in [0.15, 0.2) is 42.5 Å². The maximum absolute atomic E-state index is 11.7. The number of piperazine rings is 1. The van der Waals surface area contributed by atoms with Crippen molar-refractivity contribution < 1.29 is 9.53 Å². The van der Waals surface area contributed by atoms with Crippen molar-refractivity contribution in [1.82, 2.24) is 5.01 Å². The zero-order valence-electron chi connectivity index (χ0n) is 14.5. The first-order chi connectivity index (χ1) is 12.1. The number of carbonyl (C=O) groups excluding carboxylic acids is 1. The van der Waals surface area contributed by atoms with E-state index < -0.39 is 0 Å². The van der Waals surface area contributed by atoms with Crippen LogP contribution in [0.1, 0.15) is 5.56 Å². The van der Waals surface area contributed by atoms with Gasteiger partial charge in [-0.1, -0.05) is 29.8 Å². The van der Waals surface area contributed by atoms with E-state index in [1.54, 1.807) is 12.1 Å². The van der Waals surface area contributed by atoms with Crippen molar-refractivity contribution in [3.63, 3.8) is 0 Å². The number of hydrogen-bond donors (Lipinski definition) is 0. The maximum Gasteiger partial charge on any atom is 0.228 e. The number of benzene rings is 2. The molecule has 1 aliphatic rings. The van der Waals surface area contributed by atoms with Gasteiger partial charge in [0.15, 0.2) is 0 Å². The second-order valence-electron chi connectivity index (χ2n) is 5.99. The van der Waals surface area contributed by atoms with Gasteiger partial charge in [0.1, 0.15) is 11.4 Å². The maximum atomic E-state index is 11.7. The average Bonchev–Trinajstić information content (AvgIpc) is 2.65. The quantitative estimate of drug-likeness (QED) is 0.767. The van der Waals surface area contributed by atoms with E-state index in [9.17, 15) is 4.79 Å². The summed E-state index contributed by atoms with van der Waals surface area (Å²) >= 11 is 6.15. The van der Waals surface area contributed by atoms with Crippen molar-refractivity contribution in [1.29, 1.82) is 0 Å². The number of halogens is 1. The van der Waals surface area contributed by atoms with E-state index in [1.807, 2.05) is 47.5 Å². The number of para-hydroxylation sites is 2. The van der Waals surface area contributed by atoms with Gasteiger partial charge in [-0.25, -0.2) is 10.0 Å². The fraction of sp³-hybridized carbons (Fsp3) is 0.316. The van der Waals surface area contributed by atoms with E-state index in [4.69, 9.17) is 16.3 Å². The van der Waals surface area contributed by atoms with E-state index in [0.29, 0.717) is 5.75 Å². The Morgan fingerprint density at radius 3 is 2.52 bits per heavy atom. The van der Waals surface area contributed by atoms with Crippen LogP contribution < -0.4 is 14.6 Å². The Bertz CT molecular complexity index is 745. The van der Waals surface area contributed by atoms with Crippen LogP contribution in [-0.2, 0) is 4.79 Å². The Kier molecular flexibility index (Phi) is 5.46. The van der Waals surface area contributed by atoms with E-state index in [2.05, 4.69) is 11.8 Å². The van der Waals surface area contributed by atoms with Gasteiger partial charge < -0.3 is 9.64 Å². The molecule has 0 unspecified atom stereocenters. The zero-order chi connectivity index (χ0) is 17.8. The van der Waals surface area contributed by atoms with Gasteiger partial charge in [0.25, 0.3) is 0 Å². The van der Waals surface area contributed by atoms with Crippen LogP contribution in [0.25, 0.3) is 0 Å². The molecular formula is C19H22ClN3O2. The molecule has 0 saturated carbocycles. The van der Waals surface area contributed by atoms with E-state index in [0.717, 1.165) is 49.0 Å². The third-order valence-electron chi connectivity index (χ3n) is 4.50. The Balaban J connectivity index is 1.74. The fourth-order valence-corrected chi connectivity index (χ4v) is 3.34. The first kappa shape index (κ1) is 17.6. The van der Waals surface area contributed by atoms with Crippen LogP contribution in [0.3, 0.4) is 0 Å². The SMILES string of the molecule is COc1ccccc1N(C=O)N1CCN(c2cc(Cl)ccc2C)CC1. The summed E-state index contributed by atoms with van der Waals surface area (Å²) in [5.41, 5.74) is 3.12. The third kappa shape index (κ3) is 3.72. The Morgan fingerprint density at radius 1 is 1.12 bits per heavy atom. The number of hydrogen-bond acceptors (Lipinski definition) is 4.